The van der Waals surface area contributed by atoms with E-state index in [1.807, 2.05) is 65.6 Å². The lowest BCUT2D eigenvalue weighted by atomic mass is 9.98. The molecule has 3 aromatic rings. The minimum absolute atomic E-state index is 0.0269. The van der Waals surface area contributed by atoms with Crippen LogP contribution in [0.2, 0.25) is 0 Å². The highest BCUT2D eigenvalue weighted by Gasteiger charge is 2.21. The van der Waals surface area contributed by atoms with E-state index in [1.165, 1.54) is 0 Å². The lowest BCUT2D eigenvalue weighted by Gasteiger charge is -2.30. The summed E-state index contributed by atoms with van der Waals surface area (Å²) in [5.74, 6) is 0.401. The SMILES string of the molecule is CC1CCN(C(=O)c2cccc(NC(=S)NC(=O)c3ccc(-c4ccccc4)cc3)c2)CC1. The van der Waals surface area contributed by atoms with Crippen molar-refractivity contribution in [2.24, 2.45) is 5.92 Å². The van der Waals surface area contributed by atoms with Gasteiger partial charge in [0.05, 0.1) is 0 Å². The smallest absolute Gasteiger partial charge is 0.257 e. The summed E-state index contributed by atoms with van der Waals surface area (Å²) in [5, 5.41) is 5.90. The van der Waals surface area contributed by atoms with Crippen LogP contribution in [-0.2, 0) is 0 Å². The molecule has 33 heavy (non-hydrogen) atoms. The zero-order valence-corrected chi connectivity index (χ0v) is 19.4. The number of carbonyl (C=O) groups is 2. The van der Waals surface area contributed by atoms with Crippen molar-refractivity contribution in [2.45, 2.75) is 19.8 Å². The Hall–Kier alpha value is -3.51. The van der Waals surface area contributed by atoms with E-state index in [0.29, 0.717) is 22.7 Å². The van der Waals surface area contributed by atoms with Gasteiger partial charge in [-0.1, -0.05) is 55.5 Å². The second kappa shape index (κ2) is 10.4. The molecule has 0 saturated carbocycles. The highest BCUT2D eigenvalue weighted by molar-refractivity contribution is 7.80. The van der Waals surface area contributed by atoms with Gasteiger partial charge in [0.1, 0.15) is 0 Å². The maximum Gasteiger partial charge on any atom is 0.257 e. The predicted molar refractivity (Wildman–Crippen MR) is 136 cm³/mol. The average Bonchev–Trinajstić information content (AvgIpc) is 2.85. The van der Waals surface area contributed by atoms with Crippen molar-refractivity contribution in [1.82, 2.24) is 10.2 Å². The van der Waals surface area contributed by atoms with Gasteiger partial charge in [-0.2, -0.15) is 0 Å². The number of nitrogens with one attached hydrogen (secondary N) is 2. The van der Waals surface area contributed by atoms with Gasteiger partial charge in [0.2, 0.25) is 0 Å². The van der Waals surface area contributed by atoms with Crippen LogP contribution in [0.25, 0.3) is 11.1 Å². The zero-order valence-electron chi connectivity index (χ0n) is 18.6. The second-order valence-corrected chi connectivity index (χ2v) is 8.82. The van der Waals surface area contributed by atoms with E-state index in [-0.39, 0.29) is 16.9 Å². The van der Waals surface area contributed by atoms with Gasteiger partial charge in [0, 0.05) is 29.9 Å². The molecule has 1 heterocycles. The van der Waals surface area contributed by atoms with Crippen molar-refractivity contribution < 1.29 is 9.59 Å². The van der Waals surface area contributed by atoms with Crippen LogP contribution in [0, 0.1) is 5.92 Å². The van der Waals surface area contributed by atoms with Crippen molar-refractivity contribution in [3.05, 3.63) is 90.0 Å². The fraction of sp³-hybridized carbons (Fsp3) is 0.222. The molecular formula is C27H27N3O2S. The molecule has 0 aliphatic carbocycles. The average molecular weight is 458 g/mol. The Morgan fingerprint density at radius 1 is 0.848 bits per heavy atom. The Balaban J connectivity index is 1.35. The molecule has 5 nitrogen and oxygen atoms in total. The third-order valence-electron chi connectivity index (χ3n) is 5.92. The molecule has 1 fully saturated rings. The highest BCUT2D eigenvalue weighted by atomic mass is 32.1. The van der Waals surface area contributed by atoms with E-state index < -0.39 is 0 Å². The van der Waals surface area contributed by atoms with Crippen LogP contribution in [0.1, 0.15) is 40.5 Å². The molecule has 168 valence electrons. The molecule has 6 heteroatoms. The minimum atomic E-state index is -0.290. The lowest BCUT2D eigenvalue weighted by Crippen LogP contribution is -2.38. The van der Waals surface area contributed by atoms with Crippen LogP contribution in [0.5, 0.6) is 0 Å². The normalized spacial score (nSPS) is 13.9. The summed E-state index contributed by atoms with van der Waals surface area (Å²) in [7, 11) is 0. The first-order valence-electron chi connectivity index (χ1n) is 11.2. The van der Waals surface area contributed by atoms with E-state index in [4.69, 9.17) is 12.2 Å². The van der Waals surface area contributed by atoms with Crippen LogP contribution in [0.3, 0.4) is 0 Å². The van der Waals surface area contributed by atoms with Gasteiger partial charge in [-0.25, -0.2) is 0 Å². The monoisotopic (exact) mass is 457 g/mol. The number of hydrogen-bond donors (Lipinski definition) is 2. The molecule has 0 atom stereocenters. The van der Waals surface area contributed by atoms with Gasteiger partial charge in [-0.05, 0) is 72.4 Å². The zero-order chi connectivity index (χ0) is 23.2. The summed E-state index contributed by atoms with van der Waals surface area (Å²) < 4.78 is 0. The fourth-order valence-electron chi connectivity index (χ4n) is 3.91. The summed E-state index contributed by atoms with van der Waals surface area (Å²) in [5.41, 5.74) is 3.92. The van der Waals surface area contributed by atoms with Crippen LogP contribution in [-0.4, -0.2) is 34.9 Å². The van der Waals surface area contributed by atoms with Gasteiger partial charge < -0.3 is 10.2 Å². The molecule has 0 spiro atoms. The van der Waals surface area contributed by atoms with Gasteiger partial charge in [0.15, 0.2) is 5.11 Å². The minimum Gasteiger partial charge on any atom is -0.339 e. The fourth-order valence-corrected chi connectivity index (χ4v) is 4.12. The molecule has 0 radical (unpaired) electrons. The van der Waals surface area contributed by atoms with Crippen molar-refractivity contribution >= 4 is 34.8 Å². The maximum absolute atomic E-state index is 12.8. The first kappa shape index (κ1) is 22.7. The van der Waals surface area contributed by atoms with E-state index in [9.17, 15) is 9.59 Å². The Bertz CT molecular complexity index is 1140. The molecule has 2 amide bonds. The standard InChI is InChI=1S/C27H27N3O2S/c1-19-14-16-30(17-15-19)26(32)23-8-5-9-24(18-23)28-27(33)29-25(31)22-12-10-21(11-13-22)20-6-3-2-4-7-20/h2-13,18-19H,14-17H2,1H3,(H2,28,29,31,33). The van der Waals surface area contributed by atoms with Crippen molar-refractivity contribution in [3.8, 4) is 11.1 Å². The number of piperidine rings is 1. The molecule has 2 N–H and O–H groups in total. The molecule has 0 aromatic heterocycles. The number of benzene rings is 3. The van der Waals surface area contributed by atoms with Gasteiger partial charge in [-0.3, -0.25) is 14.9 Å². The number of nitrogens with zero attached hydrogens (tertiary/aromatic N) is 1. The van der Waals surface area contributed by atoms with Crippen LogP contribution in [0.4, 0.5) is 5.69 Å². The second-order valence-electron chi connectivity index (χ2n) is 8.41. The van der Waals surface area contributed by atoms with Crippen LogP contribution >= 0.6 is 12.2 Å². The van der Waals surface area contributed by atoms with Crippen LogP contribution in [0.15, 0.2) is 78.9 Å². The Morgan fingerprint density at radius 3 is 2.21 bits per heavy atom. The lowest BCUT2D eigenvalue weighted by molar-refractivity contribution is 0.0697. The maximum atomic E-state index is 12.8. The quantitative estimate of drug-likeness (QED) is 0.518. The molecule has 3 aromatic carbocycles. The van der Waals surface area contributed by atoms with E-state index in [2.05, 4.69) is 17.6 Å². The van der Waals surface area contributed by atoms with E-state index in [1.54, 1.807) is 18.2 Å². The number of carbonyl (C=O) groups excluding carboxylic acids is 2. The van der Waals surface area contributed by atoms with Crippen LogP contribution < -0.4 is 10.6 Å². The number of hydrogen-bond acceptors (Lipinski definition) is 3. The summed E-state index contributed by atoms with van der Waals surface area (Å²) in [6, 6.07) is 24.6. The summed E-state index contributed by atoms with van der Waals surface area (Å²) >= 11 is 5.32. The molecular weight excluding hydrogens is 430 g/mol. The predicted octanol–water partition coefficient (Wildman–Crippen LogP) is 5.35. The molecule has 1 aliphatic heterocycles. The number of anilines is 1. The van der Waals surface area contributed by atoms with Crippen molar-refractivity contribution in [1.29, 1.82) is 0 Å². The summed E-state index contributed by atoms with van der Waals surface area (Å²) in [4.78, 5) is 27.3. The molecule has 0 bridgehead atoms. The highest BCUT2D eigenvalue weighted by Crippen LogP contribution is 2.21. The van der Waals surface area contributed by atoms with E-state index >= 15 is 0 Å². The molecule has 0 unspecified atom stereocenters. The van der Waals surface area contributed by atoms with Gasteiger partial charge in [-0.15, -0.1) is 0 Å². The number of likely N-dealkylation sites (tertiary alicyclic amines) is 1. The number of rotatable bonds is 4. The third-order valence-corrected chi connectivity index (χ3v) is 6.12. The van der Waals surface area contributed by atoms with Crippen molar-refractivity contribution in [2.75, 3.05) is 18.4 Å². The van der Waals surface area contributed by atoms with E-state index in [0.717, 1.165) is 37.1 Å². The molecule has 1 aliphatic rings. The number of thiocarbonyl (C=S) groups is 1. The Labute approximate surface area is 199 Å². The molecule has 1 saturated heterocycles. The summed E-state index contributed by atoms with van der Waals surface area (Å²) in [6.07, 6.45) is 2.07. The van der Waals surface area contributed by atoms with Crippen molar-refractivity contribution in [3.63, 3.8) is 0 Å². The first-order valence-corrected chi connectivity index (χ1v) is 11.6. The number of amides is 2. The molecule has 4 rings (SSSR count). The Kier molecular flexibility index (Phi) is 7.15. The third kappa shape index (κ3) is 5.84. The van der Waals surface area contributed by atoms with Gasteiger partial charge >= 0.3 is 0 Å². The largest absolute Gasteiger partial charge is 0.339 e. The van der Waals surface area contributed by atoms with Gasteiger partial charge in [0.25, 0.3) is 11.8 Å². The first-order chi connectivity index (χ1) is 16.0. The summed E-state index contributed by atoms with van der Waals surface area (Å²) in [6.45, 7) is 3.80. The Morgan fingerprint density at radius 2 is 1.52 bits per heavy atom. The topological polar surface area (TPSA) is 61.4 Å².